The number of anilines is 1. The second-order valence-corrected chi connectivity index (χ2v) is 5.31. The first-order chi connectivity index (χ1) is 9.88. The van der Waals surface area contributed by atoms with Gasteiger partial charge in [0.15, 0.2) is 0 Å². The van der Waals surface area contributed by atoms with Crippen molar-refractivity contribution in [3.05, 3.63) is 67.9 Å². The molecular weight excluding hydrogens is 318 g/mol. The zero-order valence-electron chi connectivity index (χ0n) is 10.9. The van der Waals surface area contributed by atoms with Crippen molar-refractivity contribution in [2.75, 3.05) is 5.32 Å². The molecule has 0 aliphatic rings. The molecule has 2 aromatic carbocycles. The molecular formula is C14H11Cl2FN2O2. The van der Waals surface area contributed by atoms with Gasteiger partial charge < -0.3 is 5.32 Å². The molecule has 0 aromatic heterocycles. The fraction of sp³-hybridized carbons (Fsp3) is 0.143. The molecule has 7 heteroatoms. The van der Waals surface area contributed by atoms with E-state index in [1.54, 1.807) is 18.2 Å². The van der Waals surface area contributed by atoms with Crippen LogP contribution < -0.4 is 5.32 Å². The molecule has 0 bridgehead atoms. The predicted molar refractivity (Wildman–Crippen MR) is 81.6 cm³/mol. The molecule has 2 aromatic rings. The zero-order valence-corrected chi connectivity index (χ0v) is 12.5. The van der Waals surface area contributed by atoms with Crippen molar-refractivity contribution < 1.29 is 9.31 Å². The first-order valence-corrected chi connectivity index (χ1v) is 6.79. The number of hydrogen-bond donors (Lipinski definition) is 1. The monoisotopic (exact) mass is 328 g/mol. The number of nitro benzene ring substituents is 1. The van der Waals surface area contributed by atoms with Gasteiger partial charge in [0, 0.05) is 11.1 Å². The predicted octanol–water partition coefficient (Wildman–Crippen LogP) is 5.21. The van der Waals surface area contributed by atoms with Crippen LogP contribution in [0.15, 0.2) is 36.4 Å². The van der Waals surface area contributed by atoms with E-state index in [-0.39, 0.29) is 22.4 Å². The van der Waals surface area contributed by atoms with Crippen LogP contribution in [0, 0.1) is 15.9 Å². The van der Waals surface area contributed by atoms with Gasteiger partial charge in [-0.2, -0.15) is 0 Å². The Kier molecular flexibility index (Phi) is 4.65. The summed E-state index contributed by atoms with van der Waals surface area (Å²) in [5, 5.41) is 14.3. The second kappa shape index (κ2) is 6.28. The molecule has 4 nitrogen and oxygen atoms in total. The lowest BCUT2D eigenvalue weighted by Crippen LogP contribution is -2.08. The fourth-order valence-electron chi connectivity index (χ4n) is 1.90. The third-order valence-electron chi connectivity index (χ3n) is 2.96. The van der Waals surface area contributed by atoms with E-state index in [4.69, 9.17) is 23.2 Å². The maximum Gasteiger partial charge on any atom is 0.295 e. The third-order valence-corrected chi connectivity index (χ3v) is 3.48. The molecule has 0 spiro atoms. The molecule has 0 aliphatic carbocycles. The fourth-order valence-corrected chi connectivity index (χ4v) is 2.26. The Balaban J connectivity index is 2.34. The van der Waals surface area contributed by atoms with Crippen LogP contribution in [0.1, 0.15) is 18.5 Å². The minimum absolute atomic E-state index is 0.152. The molecule has 0 amide bonds. The van der Waals surface area contributed by atoms with Crippen molar-refractivity contribution in [3.8, 4) is 0 Å². The second-order valence-electron chi connectivity index (χ2n) is 4.46. The molecule has 21 heavy (non-hydrogen) atoms. The Labute approximate surface area is 130 Å². The molecule has 1 atom stereocenters. The van der Waals surface area contributed by atoms with E-state index in [1.165, 1.54) is 6.07 Å². The maximum atomic E-state index is 13.4. The van der Waals surface area contributed by atoms with E-state index in [0.29, 0.717) is 5.02 Å². The SMILES string of the molecule is CC(Nc1cc(Cl)c(F)cc1[N+](=O)[O-])c1cccc(Cl)c1. The van der Waals surface area contributed by atoms with Crippen LogP contribution in [-0.4, -0.2) is 4.92 Å². The van der Waals surface area contributed by atoms with Crippen LogP contribution in [0.25, 0.3) is 0 Å². The van der Waals surface area contributed by atoms with Crippen molar-refractivity contribution in [1.29, 1.82) is 0 Å². The van der Waals surface area contributed by atoms with Crippen molar-refractivity contribution in [3.63, 3.8) is 0 Å². The van der Waals surface area contributed by atoms with Gasteiger partial charge in [-0.3, -0.25) is 10.1 Å². The lowest BCUT2D eigenvalue weighted by atomic mass is 10.1. The highest BCUT2D eigenvalue weighted by Gasteiger charge is 2.19. The van der Waals surface area contributed by atoms with Gasteiger partial charge in [-0.1, -0.05) is 35.3 Å². The highest BCUT2D eigenvalue weighted by atomic mass is 35.5. The number of nitro groups is 1. The Bertz CT molecular complexity index is 695. The van der Waals surface area contributed by atoms with Crippen LogP contribution >= 0.6 is 23.2 Å². The van der Waals surface area contributed by atoms with E-state index in [0.717, 1.165) is 11.6 Å². The standard InChI is InChI=1S/C14H11Cl2FN2O2/c1-8(9-3-2-4-10(15)5-9)18-13-6-11(16)12(17)7-14(13)19(20)21/h2-8,18H,1H3. The van der Waals surface area contributed by atoms with Gasteiger partial charge in [-0.25, -0.2) is 4.39 Å². The molecule has 1 N–H and O–H groups in total. The van der Waals surface area contributed by atoms with E-state index in [1.807, 2.05) is 13.0 Å². The molecule has 2 rings (SSSR count). The lowest BCUT2D eigenvalue weighted by Gasteiger charge is -2.16. The Morgan fingerprint density at radius 2 is 2.00 bits per heavy atom. The topological polar surface area (TPSA) is 55.2 Å². The highest BCUT2D eigenvalue weighted by molar-refractivity contribution is 6.31. The first kappa shape index (κ1) is 15.5. The van der Waals surface area contributed by atoms with Gasteiger partial charge in [0.2, 0.25) is 0 Å². The number of rotatable bonds is 4. The summed E-state index contributed by atoms with van der Waals surface area (Å²) < 4.78 is 13.4. The number of hydrogen-bond acceptors (Lipinski definition) is 3. The minimum Gasteiger partial charge on any atom is -0.373 e. The number of nitrogens with zero attached hydrogens (tertiary/aromatic N) is 1. The molecule has 0 heterocycles. The maximum absolute atomic E-state index is 13.4. The quantitative estimate of drug-likeness (QED) is 0.618. The molecule has 0 aliphatic heterocycles. The van der Waals surface area contributed by atoms with E-state index >= 15 is 0 Å². The molecule has 0 saturated heterocycles. The van der Waals surface area contributed by atoms with Crippen molar-refractivity contribution in [2.45, 2.75) is 13.0 Å². The summed E-state index contributed by atoms with van der Waals surface area (Å²) in [6.07, 6.45) is 0. The smallest absolute Gasteiger partial charge is 0.295 e. The Hall–Kier alpha value is -1.85. The zero-order chi connectivity index (χ0) is 15.6. The van der Waals surface area contributed by atoms with Crippen molar-refractivity contribution >= 4 is 34.6 Å². The van der Waals surface area contributed by atoms with Gasteiger partial charge >= 0.3 is 0 Å². The summed E-state index contributed by atoms with van der Waals surface area (Å²) in [5.41, 5.74) is 0.627. The third kappa shape index (κ3) is 3.62. The molecule has 110 valence electrons. The summed E-state index contributed by atoms with van der Waals surface area (Å²) in [5.74, 6) is -0.829. The van der Waals surface area contributed by atoms with E-state index in [2.05, 4.69) is 5.32 Å². The van der Waals surface area contributed by atoms with Crippen LogP contribution in [0.5, 0.6) is 0 Å². The van der Waals surface area contributed by atoms with E-state index < -0.39 is 10.7 Å². The average Bonchev–Trinajstić information content (AvgIpc) is 2.42. The Morgan fingerprint density at radius 3 is 2.62 bits per heavy atom. The van der Waals surface area contributed by atoms with Gasteiger partial charge in [0.25, 0.3) is 5.69 Å². The van der Waals surface area contributed by atoms with Gasteiger partial charge in [-0.05, 0) is 30.7 Å². The lowest BCUT2D eigenvalue weighted by molar-refractivity contribution is -0.384. The molecule has 1 unspecified atom stereocenters. The number of nitrogens with one attached hydrogen (secondary N) is 1. The van der Waals surface area contributed by atoms with Crippen molar-refractivity contribution in [1.82, 2.24) is 0 Å². The number of benzene rings is 2. The van der Waals surface area contributed by atoms with Crippen LogP contribution in [0.3, 0.4) is 0 Å². The number of halogens is 3. The summed E-state index contributed by atoms with van der Waals surface area (Å²) >= 11 is 11.6. The average molecular weight is 329 g/mol. The summed E-state index contributed by atoms with van der Waals surface area (Å²) in [4.78, 5) is 10.3. The van der Waals surface area contributed by atoms with Crippen LogP contribution in [-0.2, 0) is 0 Å². The van der Waals surface area contributed by atoms with Gasteiger partial charge in [0.05, 0.1) is 16.0 Å². The molecule has 0 saturated carbocycles. The molecule has 0 fully saturated rings. The van der Waals surface area contributed by atoms with E-state index in [9.17, 15) is 14.5 Å². The summed E-state index contributed by atoms with van der Waals surface area (Å²) in [6.45, 7) is 1.81. The summed E-state index contributed by atoms with van der Waals surface area (Å²) in [7, 11) is 0. The van der Waals surface area contributed by atoms with Gasteiger partial charge in [0.1, 0.15) is 11.5 Å². The molecule has 0 radical (unpaired) electrons. The van der Waals surface area contributed by atoms with Crippen molar-refractivity contribution in [2.24, 2.45) is 0 Å². The van der Waals surface area contributed by atoms with Crippen LogP contribution in [0.4, 0.5) is 15.8 Å². The first-order valence-electron chi connectivity index (χ1n) is 6.04. The van der Waals surface area contributed by atoms with Crippen LogP contribution in [0.2, 0.25) is 10.0 Å². The minimum atomic E-state index is -0.829. The summed E-state index contributed by atoms with van der Waals surface area (Å²) in [6, 6.07) is 8.84. The Morgan fingerprint density at radius 1 is 1.29 bits per heavy atom. The van der Waals surface area contributed by atoms with Gasteiger partial charge in [-0.15, -0.1) is 0 Å². The highest BCUT2D eigenvalue weighted by Crippen LogP contribution is 2.33. The largest absolute Gasteiger partial charge is 0.373 e. The normalized spacial score (nSPS) is 12.0.